The smallest absolute Gasteiger partial charge is 0.475 e. The van der Waals surface area contributed by atoms with E-state index in [2.05, 4.69) is 4.99 Å². The van der Waals surface area contributed by atoms with Gasteiger partial charge in [0.1, 0.15) is 6.67 Å². The van der Waals surface area contributed by atoms with Crippen LogP contribution in [0.4, 0.5) is 18.0 Å². The van der Waals surface area contributed by atoms with E-state index in [-0.39, 0.29) is 6.67 Å². The number of hydrogen-bond acceptors (Lipinski definition) is 3. The van der Waals surface area contributed by atoms with Gasteiger partial charge in [-0.25, -0.2) is 9.59 Å². The average Bonchev–Trinajstić information content (AvgIpc) is 2.37. The Kier molecular flexibility index (Phi) is 4.68. The molecule has 0 atom stereocenters. The number of carboxylic acid groups (broad SMARTS) is 2. The van der Waals surface area contributed by atoms with E-state index in [1.165, 1.54) is 0 Å². The maximum absolute atomic E-state index is 10.6. The lowest BCUT2D eigenvalue weighted by Gasteiger charge is -2.13. The molecule has 1 aliphatic rings. The first-order chi connectivity index (χ1) is 9.21. The van der Waals surface area contributed by atoms with Crippen molar-refractivity contribution >= 4 is 18.3 Å². The molecule has 1 heterocycles. The van der Waals surface area contributed by atoms with Crippen molar-refractivity contribution in [2.45, 2.75) is 6.18 Å². The van der Waals surface area contributed by atoms with Gasteiger partial charge in [0.25, 0.3) is 0 Å². The highest BCUT2D eigenvalue weighted by Crippen LogP contribution is 2.13. The van der Waals surface area contributed by atoms with E-state index in [0.29, 0.717) is 0 Å². The van der Waals surface area contributed by atoms with Gasteiger partial charge in [0.2, 0.25) is 0 Å². The summed E-state index contributed by atoms with van der Waals surface area (Å²) in [5, 5.41) is 17.5. The molecule has 2 N–H and O–H groups in total. The van der Waals surface area contributed by atoms with Crippen LogP contribution in [0.3, 0.4) is 0 Å². The first-order valence-electron chi connectivity index (χ1n) is 5.13. The zero-order valence-corrected chi connectivity index (χ0v) is 9.83. The molecule has 1 aliphatic heterocycles. The minimum absolute atomic E-state index is 0.187. The van der Waals surface area contributed by atoms with Crippen LogP contribution in [0.2, 0.25) is 0 Å². The Bertz CT molecular complexity index is 627. The van der Waals surface area contributed by atoms with Gasteiger partial charge < -0.3 is 10.2 Å². The number of rotatable bonds is 0. The molecule has 6 nitrogen and oxygen atoms in total. The summed E-state index contributed by atoms with van der Waals surface area (Å²) in [5.41, 5.74) is 0. The van der Waals surface area contributed by atoms with Gasteiger partial charge in [-0.05, 0) is 6.07 Å². The SMILES string of the molecule is O=C(O)C(F)(F)F.O=C(O)N1C=c2ccccc2=NC1. The van der Waals surface area contributed by atoms with Crippen LogP contribution in [-0.4, -0.2) is 40.0 Å². The number of amides is 1. The van der Waals surface area contributed by atoms with E-state index < -0.39 is 18.2 Å². The van der Waals surface area contributed by atoms with Gasteiger partial charge in [-0.15, -0.1) is 0 Å². The predicted octanol–water partition coefficient (Wildman–Crippen LogP) is 0.629. The molecular formula is C11H9F3N2O4. The third-order valence-electron chi connectivity index (χ3n) is 2.11. The quantitative estimate of drug-likeness (QED) is 0.733. The van der Waals surface area contributed by atoms with E-state index in [1.54, 1.807) is 6.20 Å². The highest BCUT2D eigenvalue weighted by Gasteiger charge is 2.38. The lowest BCUT2D eigenvalue weighted by molar-refractivity contribution is -0.192. The zero-order chi connectivity index (χ0) is 15.3. The van der Waals surface area contributed by atoms with Gasteiger partial charge >= 0.3 is 18.2 Å². The highest BCUT2D eigenvalue weighted by atomic mass is 19.4. The molecule has 0 saturated carbocycles. The Labute approximate surface area is 110 Å². The number of nitrogens with zero attached hydrogens (tertiary/aromatic N) is 2. The molecule has 0 aromatic heterocycles. The summed E-state index contributed by atoms with van der Waals surface area (Å²) in [5.74, 6) is -2.76. The minimum Gasteiger partial charge on any atom is -0.475 e. The number of fused-ring (bicyclic) bond motifs is 1. The summed E-state index contributed by atoms with van der Waals surface area (Å²) in [7, 11) is 0. The van der Waals surface area contributed by atoms with Gasteiger partial charge in [-0.1, -0.05) is 18.2 Å². The molecule has 1 aromatic rings. The maximum atomic E-state index is 10.6. The van der Waals surface area contributed by atoms with E-state index in [1.807, 2.05) is 24.3 Å². The summed E-state index contributed by atoms with van der Waals surface area (Å²) in [6, 6.07) is 7.45. The van der Waals surface area contributed by atoms with E-state index in [4.69, 9.17) is 15.0 Å². The summed E-state index contributed by atoms with van der Waals surface area (Å²) in [6.07, 6.45) is -4.47. The minimum atomic E-state index is -5.08. The van der Waals surface area contributed by atoms with E-state index in [0.717, 1.165) is 15.5 Å². The molecule has 9 heteroatoms. The first-order valence-corrected chi connectivity index (χ1v) is 5.13. The summed E-state index contributed by atoms with van der Waals surface area (Å²) < 4.78 is 31.7. The number of benzene rings is 1. The largest absolute Gasteiger partial charge is 0.490 e. The monoisotopic (exact) mass is 290 g/mol. The van der Waals surface area contributed by atoms with Gasteiger partial charge in [0.05, 0.1) is 5.36 Å². The fourth-order valence-electron chi connectivity index (χ4n) is 1.22. The maximum Gasteiger partial charge on any atom is 0.490 e. The number of carbonyl (C=O) groups is 2. The van der Waals surface area contributed by atoms with Crippen molar-refractivity contribution in [2.75, 3.05) is 6.67 Å². The van der Waals surface area contributed by atoms with Crippen molar-refractivity contribution in [1.29, 1.82) is 0 Å². The third kappa shape index (κ3) is 4.26. The number of hydrogen-bond donors (Lipinski definition) is 2. The molecule has 1 aromatic carbocycles. The van der Waals surface area contributed by atoms with E-state index >= 15 is 0 Å². The second-order valence-corrected chi connectivity index (χ2v) is 3.54. The molecule has 1 amide bonds. The van der Waals surface area contributed by atoms with Crippen LogP contribution in [-0.2, 0) is 4.79 Å². The zero-order valence-electron chi connectivity index (χ0n) is 9.83. The Morgan fingerprint density at radius 1 is 1.20 bits per heavy atom. The van der Waals surface area contributed by atoms with Crippen molar-refractivity contribution in [3.63, 3.8) is 0 Å². The van der Waals surface area contributed by atoms with Crippen molar-refractivity contribution in [3.05, 3.63) is 34.8 Å². The number of halogens is 3. The number of aliphatic carboxylic acids is 1. The number of carboxylic acids is 1. The van der Waals surface area contributed by atoms with Crippen LogP contribution in [0.15, 0.2) is 29.3 Å². The molecule has 0 saturated heterocycles. The lowest BCUT2D eigenvalue weighted by atomic mass is 10.3. The van der Waals surface area contributed by atoms with Crippen LogP contribution in [0.25, 0.3) is 6.20 Å². The molecule has 20 heavy (non-hydrogen) atoms. The second kappa shape index (κ2) is 6.04. The van der Waals surface area contributed by atoms with Gasteiger partial charge in [0.15, 0.2) is 0 Å². The molecule has 2 rings (SSSR count). The molecule has 0 fully saturated rings. The highest BCUT2D eigenvalue weighted by molar-refractivity contribution is 5.73. The Morgan fingerprint density at radius 3 is 2.25 bits per heavy atom. The number of para-hydroxylation sites is 1. The van der Waals surface area contributed by atoms with Crippen molar-refractivity contribution in [3.8, 4) is 0 Å². The molecule has 0 unspecified atom stereocenters. The van der Waals surface area contributed by atoms with Crippen LogP contribution in [0.1, 0.15) is 0 Å². The van der Waals surface area contributed by atoms with Crippen LogP contribution in [0.5, 0.6) is 0 Å². The van der Waals surface area contributed by atoms with E-state index in [9.17, 15) is 18.0 Å². The molecule has 0 radical (unpaired) electrons. The second-order valence-electron chi connectivity index (χ2n) is 3.54. The summed E-state index contributed by atoms with van der Waals surface area (Å²) in [4.78, 5) is 24.8. The van der Waals surface area contributed by atoms with Crippen LogP contribution in [0, 0.1) is 0 Å². The van der Waals surface area contributed by atoms with Gasteiger partial charge in [0, 0.05) is 11.4 Å². The first kappa shape index (κ1) is 15.5. The summed E-state index contributed by atoms with van der Waals surface area (Å²) in [6.45, 7) is 0.187. The van der Waals surface area contributed by atoms with Crippen molar-refractivity contribution in [2.24, 2.45) is 4.99 Å². The Balaban J connectivity index is 0.000000246. The third-order valence-corrected chi connectivity index (χ3v) is 2.11. The van der Waals surface area contributed by atoms with Crippen molar-refractivity contribution in [1.82, 2.24) is 4.90 Å². The van der Waals surface area contributed by atoms with Crippen molar-refractivity contribution < 1.29 is 33.0 Å². The predicted molar refractivity (Wildman–Crippen MR) is 60.1 cm³/mol. The molecule has 0 bridgehead atoms. The molecular weight excluding hydrogens is 281 g/mol. The number of alkyl halides is 3. The Morgan fingerprint density at radius 2 is 1.75 bits per heavy atom. The van der Waals surface area contributed by atoms with Crippen LogP contribution >= 0.6 is 0 Å². The van der Waals surface area contributed by atoms with Crippen LogP contribution < -0.4 is 10.6 Å². The molecule has 0 aliphatic carbocycles. The Hall–Kier alpha value is -2.58. The standard InChI is InChI=1S/C9H8N2O2.C2HF3O2/c12-9(13)11-5-7-3-1-2-4-8(7)10-6-11;3-2(4,5)1(6)7/h1-5H,6H2,(H,12,13);(H,6,7). The fourth-order valence-corrected chi connectivity index (χ4v) is 1.22. The molecule has 108 valence electrons. The van der Waals surface area contributed by atoms with Gasteiger partial charge in [-0.3, -0.25) is 9.89 Å². The van der Waals surface area contributed by atoms with Gasteiger partial charge in [-0.2, -0.15) is 13.2 Å². The topological polar surface area (TPSA) is 90.2 Å². The lowest BCUT2D eigenvalue weighted by Crippen LogP contribution is -2.37. The normalized spacial score (nSPS) is 13.1. The fraction of sp³-hybridized carbons (Fsp3) is 0.182. The average molecular weight is 290 g/mol. The summed E-state index contributed by atoms with van der Waals surface area (Å²) >= 11 is 0. The molecule has 0 spiro atoms.